The van der Waals surface area contributed by atoms with Crippen LogP contribution < -0.4 is 14.8 Å². The highest BCUT2D eigenvalue weighted by Crippen LogP contribution is 2.36. The Morgan fingerprint density at radius 2 is 1.82 bits per heavy atom. The molecule has 1 heterocycles. The quantitative estimate of drug-likeness (QED) is 0.586. The zero-order chi connectivity index (χ0) is 20.3. The molecule has 0 radical (unpaired) electrons. The van der Waals surface area contributed by atoms with Gasteiger partial charge in [0.15, 0.2) is 16.7 Å². The van der Waals surface area contributed by atoms with Crippen molar-refractivity contribution in [3.05, 3.63) is 59.1 Å². The lowest BCUT2D eigenvalue weighted by atomic mass is 10.2. The Hall–Kier alpha value is -2.71. The Kier molecular flexibility index (Phi) is 6.11. The van der Waals surface area contributed by atoms with Gasteiger partial charge in [-0.1, -0.05) is 23.4 Å². The fraction of sp³-hybridized carbons (Fsp3) is 0.158. The maximum atomic E-state index is 13.3. The van der Waals surface area contributed by atoms with Crippen molar-refractivity contribution >= 4 is 35.0 Å². The second-order valence-corrected chi connectivity index (χ2v) is 6.76. The zero-order valence-corrected chi connectivity index (χ0v) is 16.9. The fourth-order valence-electron chi connectivity index (χ4n) is 2.62. The number of thioether (sulfide) groups is 1. The van der Waals surface area contributed by atoms with Crippen LogP contribution in [-0.2, 0) is 0 Å². The molecule has 0 bridgehead atoms. The third-order valence-electron chi connectivity index (χ3n) is 3.95. The smallest absolute Gasteiger partial charge is 0.274 e. The van der Waals surface area contributed by atoms with Crippen molar-refractivity contribution in [2.75, 3.05) is 25.8 Å². The molecule has 3 rings (SSSR count). The zero-order valence-electron chi connectivity index (χ0n) is 15.3. The van der Waals surface area contributed by atoms with E-state index in [0.717, 1.165) is 0 Å². The molecule has 0 saturated carbocycles. The Labute approximate surface area is 170 Å². The van der Waals surface area contributed by atoms with Crippen molar-refractivity contribution in [3.63, 3.8) is 0 Å². The highest BCUT2D eigenvalue weighted by molar-refractivity contribution is 7.98. The summed E-state index contributed by atoms with van der Waals surface area (Å²) in [4.78, 5) is 17.2. The third-order valence-corrected chi connectivity index (χ3v) is 4.92. The van der Waals surface area contributed by atoms with E-state index in [4.69, 9.17) is 21.1 Å². The number of rotatable bonds is 6. The van der Waals surface area contributed by atoms with E-state index in [1.54, 1.807) is 28.8 Å². The lowest BCUT2D eigenvalue weighted by Crippen LogP contribution is -2.17. The van der Waals surface area contributed by atoms with E-state index in [2.05, 4.69) is 10.3 Å². The van der Waals surface area contributed by atoms with Crippen molar-refractivity contribution in [1.29, 1.82) is 0 Å². The number of ether oxygens (including phenoxy) is 2. The van der Waals surface area contributed by atoms with Gasteiger partial charge in [-0.2, -0.15) is 0 Å². The number of anilines is 1. The summed E-state index contributed by atoms with van der Waals surface area (Å²) in [6.45, 7) is 0. The SMILES string of the molecule is COc1cc(Cl)c(NC(=O)c2cnc(SC)n2-c2ccc(F)cc2)cc1OC. The number of nitrogens with one attached hydrogen (secondary N) is 1. The van der Waals surface area contributed by atoms with Crippen molar-refractivity contribution in [3.8, 4) is 17.2 Å². The molecule has 0 atom stereocenters. The summed E-state index contributed by atoms with van der Waals surface area (Å²) in [5.74, 6) is 0.0921. The molecule has 0 saturated heterocycles. The predicted molar refractivity (Wildman–Crippen MR) is 108 cm³/mol. The van der Waals surface area contributed by atoms with Gasteiger partial charge in [-0.05, 0) is 30.5 Å². The first-order valence-corrected chi connectivity index (χ1v) is 9.69. The van der Waals surface area contributed by atoms with Crippen LogP contribution in [0.1, 0.15) is 10.5 Å². The van der Waals surface area contributed by atoms with Crippen molar-refractivity contribution in [1.82, 2.24) is 9.55 Å². The molecule has 3 aromatic rings. The second-order valence-electron chi connectivity index (χ2n) is 5.58. The van der Waals surface area contributed by atoms with Gasteiger partial charge in [-0.15, -0.1) is 0 Å². The maximum Gasteiger partial charge on any atom is 0.274 e. The van der Waals surface area contributed by atoms with Gasteiger partial charge in [0.1, 0.15) is 11.5 Å². The molecule has 9 heteroatoms. The fourth-order valence-corrected chi connectivity index (χ4v) is 3.36. The van der Waals surface area contributed by atoms with E-state index in [-0.39, 0.29) is 11.5 Å². The van der Waals surface area contributed by atoms with Gasteiger partial charge < -0.3 is 14.8 Å². The molecule has 1 amide bonds. The van der Waals surface area contributed by atoms with Crippen LogP contribution in [0.3, 0.4) is 0 Å². The van der Waals surface area contributed by atoms with Crippen LogP contribution in [-0.4, -0.2) is 35.9 Å². The summed E-state index contributed by atoms with van der Waals surface area (Å²) in [5.41, 5.74) is 1.26. The molecule has 1 aromatic heterocycles. The normalized spacial score (nSPS) is 10.6. The number of carbonyl (C=O) groups excluding carboxylic acids is 1. The predicted octanol–water partition coefficient (Wildman–Crippen LogP) is 4.66. The van der Waals surface area contributed by atoms with Crippen LogP contribution >= 0.6 is 23.4 Å². The number of imidazole rings is 1. The average Bonchev–Trinajstić information content (AvgIpc) is 3.14. The molecule has 0 aliphatic heterocycles. The number of nitrogens with zero attached hydrogens (tertiary/aromatic N) is 2. The van der Waals surface area contributed by atoms with Gasteiger partial charge >= 0.3 is 0 Å². The van der Waals surface area contributed by atoms with Gasteiger partial charge in [-0.25, -0.2) is 9.37 Å². The van der Waals surface area contributed by atoms with Gasteiger partial charge in [0, 0.05) is 17.8 Å². The molecular weight excluding hydrogens is 405 g/mol. The largest absolute Gasteiger partial charge is 0.493 e. The summed E-state index contributed by atoms with van der Waals surface area (Å²) < 4.78 is 25.4. The second kappa shape index (κ2) is 8.53. The Morgan fingerprint density at radius 1 is 1.18 bits per heavy atom. The topological polar surface area (TPSA) is 65.4 Å². The first-order valence-electron chi connectivity index (χ1n) is 8.09. The van der Waals surface area contributed by atoms with Crippen LogP contribution in [0.25, 0.3) is 5.69 Å². The molecule has 0 fully saturated rings. The highest BCUT2D eigenvalue weighted by Gasteiger charge is 2.20. The number of benzene rings is 2. The standard InChI is InChI=1S/C19H17ClFN3O3S/c1-26-16-8-13(20)14(9-17(16)27-2)23-18(25)15-10-22-19(28-3)24(15)12-6-4-11(21)5-7-12/h4-10H,1-3H3,(H,23,25). The van der Waals surface area contributed by atoms with Crippen LogP contribution in [0.2, 0.25) is 5.02 Å². The van der Waals surface area contributed by atoms with E-state index < -0.39 is 5.91 Å². The Morgan fingerprint density at radius 3 is 2.43 bits per heavy atom. The Bertz CT molecular complexity index is 1010. The number of halogens is 2. The molecule has 0 spiro atoms. The minimum absolute atomic E-state index is 0.279. The Balaban J connectivity index is 1.98. The van der Waals surface area contributed by atoms with E-state index in [1.165, 1.54) is 44.3 Å². The van der Waals surface area contributed by atoms with Crippen molar-refractivity contribution in [2.24, 2.45) is 0 Å². The molecule has 0 aliphatic carbocycles. The molecule has 2 aromatic carbocycles. The number of carbonyl (C=O) groups is 1. The van der Waals surface area contributed by atoms with Crippen molar-refractivity contribution < 1.29 is 18.7 Å². The summed E-state index contributed by atoms with van der Waals surface area (Å²) in [5, 5.41) is 3.65. The highest BCUT2D eigenvalue weighted by atomic mass is 35.5. The number of amides is 1. The van der Waals surface area contributed by atoms with E-state index in [1.807, 2.05) is 6.26 Å². The van der Waals surface area contributed by atoms with Gasteiger partial charge in [-0.3, -0.25) is 9.36 Å². The van der Waals surface area contributed by atoms with E-state index >= 15 is 0 Å². The van der Waals surface area contributed by atoms with Crippen LogP contribution in [0.15, 0.2) is 47.8 Å². The number of methoxy groups -OCH3 is 2. The third kappa shape index (κ3) is 3.93. The monoisotopic (exact) mass is 421 g/mol. The van der Waals surface area contributed by atoms with Crippen LogP contribution in [0.4, 0.5) is 10.1 Å². The molecule has 28 heavy (non-hydrogen) atoms. The first kappa shape index (κ1) is 20.0. The summed E-state index contributed by atoms with van der Waals surface area (Å²) in [6, 6.07) is 8.94. The molecular formula is C19H17ClFN3O3S. The van der Waals surface area contributed by atoms with E-state index in [0.29, 0.717) is 33.1 Å². The van der Waals surface area contributed by atoms with Crippen molar-refractivity contribution in [2.45, 2.75) is 5.16 Å². The summed E-state index contributed by atoms with van der Waals surface area (Å²) in [7, 11) is 2.99. The minimum Gasteiger partial charge on any atom is -0.493 e. The van der Waals surface area contributed by atoms with E-state index in [9.17, 15) is 9.18 Å². The van der Waals surface area contributed by atoms with Gasteiger partial charge in [0.2, 0.25) is 0 Å². The van der Waals surface area contributed by atoms with Gasteiger partial charge in [0.05, 0.1) is 31.1 Å². The van der Waals surface area contributed by atoms with Crippen LogP contribution in [0, 0.1) is 5.82 Å². The molecule has 1 N–H and O–H groups in total. The number of aromatic nitrogens is 2. The molecule has 146 valence electrons. The maximum absolute atomic E-state index is 13.3. The number of hydrogen-bond donors (Lipinski definition) is 1. The average molecular weight is 422 g/mol. The van der Waals surface area contributed by atoms with Gasteiger partial charge in [0.25, 0.3) is 5.91 Å². The van der Waals surface area contributed by atoms with Crippen LogP contribution in [0.5, 0.6) is 11.5 Å². The first-order chi connectivity index (χ1) is 13.5. The summed E-state index contributed by atoms with van der Waals surface area (Å²) in [6.07, 6.45) is 3.30. The molecule has 6 nitrogen and oxygen atoms in total. The lowest BCUT2D eigenvalue weighted by molar-refractivity contribution is 0.102. The number of hydrogen-bond acceptors (Lipinski definition) is 5. The summed E-state index contributed by atoms with van der Waals surface area (Å²) >= 11 is 7.63. The minimum atomic E-state index is -0.425. The lowest BCUT2D eigenvalue weighted by Gasteiger charge is -2.14. The molecule has 0 aliphatic rings. The molecule has 0 unspecified atom stereocenters.